The highest BCUT2D eigenvalue weighted by Gasteiger charge is 2.35. The average molecular weight is 569 g/mol. The fourth-order valence-electron chi connectivity index (χ4n) is 8.25. The zero-order chi connectivity index (χ0) is 28.7. The van der Waals surface area contributed by atoms with Crippen LogP contribution in [0.4, 0.5) is 11.4 Å². The molecule has 0 aliphatic carbocycles. The third-order valence-corrected chi connectivity index (χ3v) is 10.1. The second-order valence-corrected chi connectivity index (χ2v) is 12.3. The largest absolute Gasteiger partial charge is 0.356 e. The second kappa shape index (κ2) is 7.92. The van der Waals surface area contributed by atoms with Gasteiger partial charge in [0.15, 0.2) is 0 Å². The fraction of sp³-hybridized carbons (Fsp3) is 0.105. The summed E-state index contributed by atoms with van der Waals surface area (Å²) in [6.45, 7) is 2.31. The quantitative estimate of drug-likeness (QED) is 0.137. The van der Waals surface area contributed by atoms with Gasteiger partial charge in [0.2, 0.25) is 0 Å². The molecule has 0 saturated carbocycles. The first-order valence-electron chi connectivity index (χ1n) is 15.1. The molecule has 0 radical (unpaired) electrons. The highest BCUT2D eigenvalue weighted by Crippen LogP contribution is 2.48. The molecule has 2 bridgehead atoms. The average Bonchev–Trinajstić information content (AvgIpc) is 3.61. The van der Waals surface area contributed by atoms with E-state index < -0.39 is 0 Å². The maximum atomic E-state index is 14.2. The van der Waals surface area contributed by atoms with E-state index >= 15 is 0 Å². The van der Waals surface area contributed by atoms with Gasteiger partial charge in [0.1, 0.15) is 12.6 Å². The van der Waals surface area contributed by atoms with Gasteiger partial charge < -0.3 is 9.64 Å². The number of benzene rings is 7. The van der Waals surface area contributed by atoms with E-state index in [9.17, 15) is 4.79 Å². The van der Waals surface area contributed by atoms with Crippen molar-refractivity contribution in [3.63, 3.8) is 0 Å². The molecule has 8 aromatic rings. The number of hydrogen-bond acceptors (Lipinski definition) is 4. The summed E-state index contributed by atoms with van der Waals surface area (Å²) in [5.41, 5.74) is 8.42. The molecule has 208 valence electrons. The Kier molecular flexibility index (Phi) is 4.15. The van der Waals surface area contributed by atoms with Crippen LogP contribution < -0.4 is 9.80 Å². The topological polar surface area (TPSA) is 50.6 Å². The number of amides is 1. The van der Waals surface area contributed by atoms with Crippen LogP contribution in [0.3, 0.4) is 0 Å². The molecule has 3 aliphatic heterocycles. The number of rotatable bonds is 0. The van der Waals surface area contributed by atoms with Crippen LogP contribution in [0.1, 0.15) is 21.5 Å². The van der Waals surface area contributed by atoms with Crippen molar-refractivity contribution in [3.8, 4) is 11.4 Å². The smallest absolute Gasteiger partial charge is 0.260 e. The lowest BCUT2D eigenvalue weighted by Crippen LogP contribution is -2.37. The Balaban J connectivity index is 1.26. The minimum atomic E-state index is 0.0597. The number of fused-ring (bicyclic) bond motifs is 11. The van der Waals surface area contributed by atoms with Gasteiger partial charge in [0.25, 0.3) is 5.91 Å². The maximum absolute atomic E-state index is 14.2. The first-order valence-corrected chi connectivity index (χ1v) is 15.1. The number of carbonyl (C=O) groups is 1. The summed E-state index contributed by atoms with van der Waals surface area (Å²) < 4.78 is 8.49. The van der Waals surface area contributed by atoms with Gasteiger partial charge >= 0.3 is 0 Å². The molecule has 7 aromatic carbocycles. The molecule has 0 atom stereocenters. The SMILES string of the molecule is O=C1c2ccc3c4ccc5c6c(ccc(c7ccc(c2c73)CN2CN1c1ccccc12)c64)COCn1c-5nc2ccccc21. The van der Waals surface area contributed by atoms with Crippen LogP contribution in [0.15, 0.2) is 97.1 Å². The number of hydrogen-bond donors (Lipinski definition) is 0. The molecular formula is C38H24N4O2. The second-order valence-electron chi connectivity index (χ2n) is 12.3. The van der Waals surface area contributed by atoms with Crippen LogP contribution in [0.2, 0.25) is 0 Å². The summed E-state index contributed by atoms with van der Waals surface area (Å²) in [4.78, 5) is 23.6. The molecule has 1 aromatic heterocycles. The molecule has 44 heavy (non-hydrogen) atoms. The molecule has 6 nitrogen and oxygen atoms in total. The highest BCUT2D eigenvalue weighted by molar-refractivity contribution is 6.36. The molecular weight excluding hydrogens is 544 g/mol. The number of carbonyl (C=O) groups excluding carboxylic acids is 1. The third-order valence-electron chi connectivity index (χ3n) is 10.1. The van der Waals surface area contributed by atoms with Gasteiger partial charge in [-0.1, -0.05) is 60.7 Å². The Morgan fingerprint density at radius 2 is 1.30 bits per heavy atom. The Bertz CT molecular complexity index is 2560. The lowest BCUT2D eigenvalue weighted by molar-refractivity contribution is 0.0675. The fourth-order valence-corrected chi connectivity index (χ4v) is 8.25. The highest BCUT2D eigenvalue weighted by atomic mass is 16.5. The number of ether oxygens (including phenoxy) is 1. The monoisotopic (exact) mass is 568 g/mol. The first kappa shape index (κ1) is 23.1. The van der Waals surface area contributed by atoms with E-state index in [0.717, 1.165) is 51.3 Å². The van der Waals surface area contributed by atoms with Crippen molar-refractivity contribution in [1.29, 1.82) is 0 Å². The maximum Gasteiger partial charge on any atom is 0.260 e. The van der Waals surface area contributed by atoms with Crippen LogP contribution in [-0.4, -0.2) is 22.1 Å². The molecule has 3 aliphatic rings. The zero-order valence-corrected chi connectivity index (χ0v) is 23.7. The number of para-hydroxylation sites is 4. The number of anilines is 2. The summed E-state index contributed by atoms with van der Waals surface area (Å²) in [7, 11) is 0. The van der Waals surface area contributed by atoms with Crippen molar-refractivity contribution in [1.82, 2.24) is 9.55 Å². The van der Waals surface area contributed by atoms with Crippen LogP contribution >= 0.6 is 0 Å². The standard InChI is InChI=1S/C38H24N4O2/c43-38-28-16-14-26-25-13-15-27-34-22(18-44-20-42-30-6-2-1-5-29(30)39-37(27)42)10-12-24(36(25)34)23-11-9-21(33(28)35(23)26)17-40-19-41(38)32-8-4-3-7-31(32)40/h1-16H,17-20H2. The molecule has 11 rings (SSSR count). The van der Waals surface area contributed by atoms with Crippen LogP contribution in [0.5, 0.6) is 0 Å². The van der Waals surface area contributed by atoms with Crippen LogP contribution in [0, 0.1) is 0 Å². The molecule has 0 spiro atoms. The molecule has 6 heteroatoms. The minimum Gasteiger partial charge on any atom is -0.356 e. The summed E-state index contributed by atoms with van der Waals surface area (Å²) in [6, 6.07) is 34.3. The van der Waals surface area contributed by atoms with Gasteiger partial charge in [-0.3, -0.25) is 14.3 Å². The van der Waals surface area contributed by atoms with Crippen molar-refractivity contribution in [3.05, 3.63) is 114 Å². The number of nitrogens with zero attached hydrogens (tertiary/aromatic N) is 4. The predicted molar refractivity (Wildman–Crippen MR) is 175 cm³/mol. The lowest BCUT2D eigenvalue weighted by atomic mass is 9.84. The summed E-state index contributed by atoms with van der Waals surface area (Å²) >= 11 is 0. The van der Waals surface area contributed by atoms with Gasteiger partial charge in [0, 0.05) is 23.1 Å². The van der Waals surface area contributed by atoms with E-state index in [4.69, 9.17) is 9.72 Å². The lowest BCUT2D eigenvalue weighted by Gasteiger charge is -2.27. The Labute approximate surface area is 251 Å². The van der Waals surface area contributed by atoms with Crippen molar-refractivity contribution >= 4 is 71.4 Å². The normalized spacial score (nSPS) is 15.7. The van der Waals surface area contributed by atoms with Crippen molar-refractivity contribution < 1.29 is 9.53 Å². The van der Waals surface area contributed by atoms with Gasteiger partial charge in [-0.25, -0.2) is 4.98 Å². The van der Waals surface area contributed by atoms with E-state index in [-0.39, 0.29) is 5.91 Å². The third kappa shape index (κ3) is 2.71. The number of aromatic nitrogens is 2. The van der Waals surface area contributed by atoms with E-state index in [2.05, 4.69) is 94.4 Å². The Morgan fingerprint density at radius 3 is 2.11 bits per heavy atom. The Morgan fingerprint density at radius 1 is 0.636 bits per heavy atom. The van der Waals surface area contributed by atoms with E-state index in [1.54, 1.807) is 0 Å². The van der Waals surface area contributed by atoms with Gasteiger partial charge in [0.05, 0.1) is 35.7 Å². The summed E-state index contributed by atoms with van der Waals surface area (Å²) in [5, 5.41) is 9.43. The van der Waals surface area contributed by atoms with Crippen molar-refractivity contribution in [2.45, 2.75) is 19.9 Å². The molecule has 1 amide bonds. The number of imidazole rings is 1. The zero-order valence-electron chi connectivity index (χ0n) is 23.7. The molecule has 0 fully saturated rings. The van der Waals surface area contributed by atoms with Crippen molar-refractivity contribution in [2.75, 3.05) is 16.5 Å². The summed E-state index contributed by atoms with van der Waals surface area (Å²) in [6.07, 6.45) is 0. The van der Waals surface area contributed by atoms with E-state index in [1.807, 2.05) is 17.0 Å². The predicted octanol–water partition coefficient (Wildman–Crippen LogP) is 8.18. The van der Waals surface area contributed by atoms with E-state index in [0.29, 0.717) is 20.0 Å². The van der Waals surface area contributed by atoms with Crippen LogP contribution in [-0.2, 0) is 24.6 Å². The molecule has 4 heterocycles. The Hall–Kier alpha value is -5.46. The van der Waals surface area contributed by atoms with Crippen molar-refractivity contribution in [2.24, 2.45) is 0 Å². The van der Waals surface area contributed by atoms with Gasteiger partial charge in [-0.05, 0) is 85.2 Å². The first-order chi connectivity index (χ1) is 21.7. The van der Waals surface area contributed by atoms with E-state index in [1.165, 1.54) is 48.8 Å². The summed E-state index contributed by atoms with van der Waals surface area (Å²) in [5.74, 6) is 0.993. The van der Waals surface area contributed by atoms with Gasteiger partial charge in [-0.2, -0.15) is 0 Å². The van der Waals surface area contributed by atoms with Crippen LogP contribution in [0.25, 0.3) is 65.5 Å². The molecule has 0 saturated heterocycles. The minimum absolute atomic E-state index is 0.0597. The molecule has 0 unspecified atom stereocenters. The molecule has 0 N–H and O–H groups in total. The van der Waals surface area contributed by atoms with Gasteiger partial charge in [-0.15, -0.1) is 0 Å².